The first kappa shape index (κ1) is 50.8. The lowest BCUT2D eigenvalue weighted by Crippen LogP contribution is -2.46. The molecule has 0 aliphatic rings. The van der Waals surface area contributed by atoms with Crippen molar-refractivity contribution in [2.75, 3.05) is 5.75 Å². The van der Waals surface area contributed by atoms with E-state index in [1.54, 1.807) is 6.08 Å². The van der Waals surface area contributed by atoms with Gasteiger partial charge in [-0.05, 0) is 64.2 Å². The zero-order chi connectivity index (χ0) is 38.9. The lowest BCUT2D eigenvalue weighted by atomic mass is 10.0. The van der Waals surface area contributed by atoms with Gasteiger partial charge in [-0.15, -0.1) is 0 Å². The van der Waals surface area contributed by atoms with Crippen LogP contribution in [0.5, 0.6) is 0 Å². The van der Waals surface area contributed by atoms with Crippen molar-refractivity contribution in [2.24, 2.45) is 0 Å². The molecule has 6 nitrogen and oxygen atoms in total. The van der Waals surface area contributed by atoms with Crippen LogP contribution in [0.3, 0.4) is 0 Å². The van der Waals surface area contributed by atoms with Crippen molar-refractivity contribution in [3.05, 3.63) is 72.9 Å². The smallest absolute Gasteiger partial charge is 0.267 e. The predicted molar refractivity (Wildman–Crippen MR) is 230 cm³/mol. The molecular formula is C46H81NO5S. The highest BCUT2D eigenvalue weighted by molar-refractivity contribution is 7.85. The Bertz CT molecular complexity index is 1100. The Kier molecular flexibility index (Phi) is 37.8. The van der Waals surface area contributed by atoms with E-state index in [1.165, 1.54) is 89.9 Å². The van der Waals surface area contributed by atoms with Gasteiger partial charge in [0.2, 0.25) is 5.91 Å². The molecule has 1 amide bonds. The molecule has 0 spiro atoms. The summed E-state index contributed by atoms with van der Waals surface area (Å²) in [6, 6.07) is -1.07. The van der Waals surface area contributed by atoms with E-state index in [2.05, 4.69) is 79.9 Å². The van der Waals surface area contributed by atoms with E-state index < -0.39 is 28.0 Å². The van der Waals surface area contributed by atoms with E-state index in [0.29, 0.717) is 0 Å². The molecule has 0 saturated heterocycles. The van der Waals surface area contributed by atoms with Gasteiger partial charge in [-0.2, -0.15) is 8.42 Å². The number of aliphatic hydroxyl groups excluding tert-OH is 1. The Labute approximate surface area is 327 Å². The fraction of sp³-hybridized carbons (Fsp3) is 0.717. The first-order valence-electron chi connectivity index (χ1n) is 21.6. The summed E-state index contributed by atoms with van der Waals surface area (Å²) in [5, 5.41) is 13.2. The van der Waals surface area contributed by atoms with Crippen molar-refractivity contribution < 1.29 is 22.9 Å². The van der Waals surface area contributed by atoms with Crippen LogP contribution in [0.1, 0.15) is 194 Å². The second-order valence-electron chi connectivity index (χ2n) is 14.6. The minimum absolute atomic E-state index is 0.279. The third-order valence-electron chi connectivity index (χ3n) is 9.39. The molecule has 2 unspecified atom stereocenters. The standard InChI is InChI=1S/C46H81NO5S/c1-3-5-7-9-11-13-15-17-19-20-21-22-23-24-25-26-28-30-32-34-36-38-40-42-46(49)47-44(43-53(50,51)52)45(48)41-39-37-35-33-31-29-27-18-16-14-12-10-8-6-4-2/h5,7,11,13,17,19,21-22,24-25,39,41,44-45,48H,3-4,6,8-10,12,14-16,18,20,23,26-38,40,42-43H2,1-2H3,(H,47,49)(H,50,51,52)/b7-5-,13-11-,19-17-,22-21-,25-24-,41-39+. The van der Waals surface area contributed by atoms with Gasteiger partial charge in [0.1, 0.15) is 0 Å². The van der Waals surface area contributed by atoms with Gasteiger partial charge in [0.15, 0.2) is 0 Å². The molecule has 0 aromatic carbocycles. The van der Waals surface area contributed by atoms with Gasteiger partial charge in [0, 0.05) is 6.42 Å². The number of hydrogen-bond acceptors (Lipinski definition) is 4. The number of amides is 1. The predicted octanol–water partition coefficient (Wildman–Crippen LogP) is 13.0. The summed E-state index contributed by atoms with van der Waals surface area (Å²) in [6.45, 7) is 4.41. The molecule has 0 aromatic rings. The number of nitrogens with one attached hydrogen (secondary N) is 1. The van der Waals surface area contributed by atoms with Crippen LogP contribution < -0.4 is 5.32 Å². The Morgan fingerprint density at radius 2 is 0.906 bits per heavy atom. The molecule has 7 heteroatoms. The highest BCUT2D eigenvalue weighted by Crippen LogP contribution is 2.14. The Hall–Kier alpha value is -2.22. The van der Waals surface area contributed by atoms with E-state index in [1.807, 2.05) is 6.08 Å². The fourth-order valence-electron chi connectivity index (χ4n) is 6.18. The summed E-state index contributed by atoms with van der Waals surface area (Å²) < 4.78 is 32.5. The van der Waals surface area contributed by atoms with E-state index in [-0.39, 0.29) is 12.3 Å². The number of hydrogen-bond donors (Lipinski definition) is 3. The molecular weight excluding hydrogens is 679 g/mol. The number of carbonyl (C=O) groups excluding carboxylic acids is 1. The van der Waals surface area contributed by atoms with Gasteiger partial charge >= 0.3 is 0 Å². The number of unbranched alkanes of at least 4 members (excludes halogenated alkanes) is 20. The van der Waals surface area contributed by atoms with Gasteiger partial charge in [-0.25, -0.2) is 0 Å². The van der Waals surface area contributed by atoms with E-state index in [9.17, 15) is 22.9 Å². The van der Waals surface area contributed by atoms with Crippen LogP contribution in [0.15, 0.2) is 72.9 Å². The molecule has 53 heavy (non-hydrogen) atoms. The van der Waals surface area contributed by atoms with Gasteiger partial charge in [0.05, 0.1) is 17.9 Å². The van der Waals surface area contributed by atoms with E-state index >= 15 is 0 Å². The first-order chi connectivity index (χ1) is 25.8. The van der Waals surface area contributed by atoms with Crippen molar-refractivity contribution in [1.82, 2.24) is 5.32 Å². The molecule has 0 rings (SSSR count). The van der Waals surface area contributed by atoms with Gasteiger partial charge in [-0.3, -0.25) is 9.35 Å². The lowest BCUT2D eigenvalue weighted by Gasteiger charge is -2.21. The third kappa shape index (κ3) is 40.8. The first-order valence-corrected chi connectivity index (χ1v) is 23.2. The van der Waals surface area contributed by atoms with Crippen molar-refractivity contribution in [3.8, 4) is 0 Å². The molecule has 3 N–H and O–H groups in total. The van der Waals surface area contributed by atoms with Crippen molar-refractivity contribution in [1.29, 1.82) is 0 Å². The second kappa shape index (κ2) is 39.5. The number of carbonyl (C=O) groups is 1. The number of rotatable bonds is 38. The Morgan fingerprint density at radius 3 is 1.34 bits per heavy atom. The Morgan fingerprint density at radius 1 is 0.528 bits per heavy atom. The van der Waals surface area contributed by atoms with Crippen molar-refractivity contribution in [3.63, 3.8) is 0 Å². The van der Waals surface area contributed by atoms with Crippen LogP contribution in [0.4, 0.5) is 0 Å². The molecule has 0 aliphatic carbocycles. The van der Waals surface area contributed by atoms with Crippen LogP contribution in [0, 0.1) is 0 Å². The third-order valence-corrected chi connectivity index (χ3v) is 10.2. The van der Waals surface area contributed by atoms with E-state index in [4.69, 9.17) is 0 Å². The summed E-state index contributed by atoms with van der Waals surface area (Å²) in [7, 11) is -4.35. The minimum atomic E-state index is -4.35. The molecule has 0 aromatic heterocycles. The summed E-state index contributed by atoms with van der Waals surface area (Å²) >= 11 is 0. The summed E-state index contributed by atoms with van der Waals surface area (Å²) in [5.41, 5.74) is 0. The molecule has 0 radical (unpaired) electrons. The molecule has 0 aliphatic heterocycles. The average molecular weight is 760 g/mol. The van der Waals surface area contributed by atoms with Crippen LogP contribution in [-0.4, -0.2) is 41.9 Å². The molecule has 0 fully saturated rings. The van der Waals surface area contributed by atoms with Crippen molar-refractivity contribution in [2.45, 2.75) is 206 Å². The topological polar surface area (TPSA) is 104 Å². The van der Waals surface area contributed by atoms with Crippen LogP contribution >= 0.6 is 0 Å². The van der Waals surface area contributed by atoms with Crippen molar-refractivity contribution >= 4 is 16.0 Å². The maximum Gasteiger partial charge on any atom is 0.267 e. The maximum atomic E-state index is 12.5. The molecule has 2 atom stereocenters. The monoisotopic (exact) mass is 760 g/mol. The normalized spacial score (nSPS) is 14.0. The zero-order valence-corrected chi connectivity index (χ0v) is 34.9. The minimum Gasteiger partial charge on any atom is -0.387 e. The highest BCUT2D eigenvalue weighted by atomic mass is 32.2. The molecule has 0 heterocycles. The second-order valence-corrected chi connectivity index (χ2v) is 16.1. The quantitative estimate of drug-likeness (QED) is 0.0330. The largest absolute Gasteiger partial charge is 0.387 e. The summed E-state index contributed by atoms with van der Waals surface area (Å²) in [5.74, 6) is -0.998. The maximum absolute atomic E-state index is 12.5. The van der Waals surface area contributed by atoms with E-state index in [0.717, 1.165) is 83.5 Å². The SMILES string of the molecule is CC/C=C\C/C=C\C/C=C\C/C=C\C/C=C\CCCCCCCCCC(=O)NC(CS(=O)(=O)O)C(O)/C=C/CCCCCCCCCCCCCCC. The molecule has 306 valence electrons. The number of aliphatic hydroxyl groups is 1. The highest BCUT2D eigenvalue weighted by Gasteiger charge is 2.24. The van der Waals surface area contributed by atoms with Crippen LogP contribution in [-0.2, 0) is 14.9 Å². The Balaban J connectivity index is 3.93. The van der Waals surface area contributed by atoms with Gasteiger partial charge in [-0.1, -0.05) is 196 Å². The zero-order valence-electron chi connectivity index (χ0n) is 34.1. The van der Waals surface area contributed by atoms with Gasteiger partial charge < -0.3 is 10.4 Å². The summed E-state index contributed by atoms with van der Waals surface area (Å²) in [4.78, 5) is 12.5. The molecule has 0 saturated carbocycles. The lowest BCUT2D eigenvalue weighted by molar-refractivity contribution is -0.122. The van der Waals surface area contributed by atoms with Crippen LogP contribution in [0.2, 0.25) is 0 Å². The molecule has 0 bridgehead atoms. The summed E-state index contributed by atoms with van der Waals surface area (Å²) in [6.07, 6.45) is 56.0. The van der Waals surface area contributed by atoms with Gasteiger partial charge in [0.25, 0.3) is 10.1 Å². The average Bonchev–Trinajstić information content (AvgIpc) is 3.12. The number of allylic oxidation sites excluding steroid dienone is 11. The van der Waals surface area contributed by atoms with Crippen LogP contribution in [0.25, 0.3) is 0 Å². The fourth-order valence-corrected chi connectivity index (χ4v) is 6.92.